The Morgan fingerprint density at radius 3 is 2.56 bits per heavy atom. The second-order valence-electron chi connectivity index (χ2n) is 3.48. The van der Waals surface area contributed by atoms with E-state index in [0.29, 0.717) is 0 Å². The second kappa shape index (κ2) is 5.48. The Morgan fingerprint density at radius 1 is 1.44 bits per heavy atom. The van der Waals surface area contributed by atoms with Crippen LogP contribution >= 0.6 is 0 Å². The second-order valence-corrected chi connectivity index (χ2v) is 5.34. The predicted molar refractivity (Wildman–Crippen MR) is 63.3 cm³/mol. The molecule has 1 aromatic rings. The quantitative estimate of drug-likeness (QED) is 0.899. The maximum atomic E-state index is 13.5. The molecule has 0 aromatic heterocycles. The van der Waals surface area contributed by atoms with Gasteiger partial charge < -0.3 is 0 Å². The molecule has 1 aromatic carbocycles. The molecule has 0 bridgehead atoms. The van der Waals surface area contributed by atoms with Crippen LogP contribution in [0.2, 0.25) is 0 Å². The maximum Gasteiger partial charge on any atom is 0.249 e. The third kappa shape index (κ3) is 2.96. The highest BCUT2D eigenvalue weighted by Crippen LogP contribution is 2.18. The number of sulfonamides is 1. The molecule has 0 amide bonds. The van der Waals surface area contributed by atoms with Gasteiger partial charge in [0, 0.05) is 0 Å². The molecule has 1 rings (SSSR count). The normalized spacial score (nSPS) is 12.2. The number of nitriles is 2. The molecule has 5 nitrogen and oxygen atoms in total. The summed E-state index contributed by atoms with van der Waals surface area (Å²) >= 11 is 0. The molecule has 1 atom stereocenters. The van der Waals surface area contributed by atoms with Gasteiger partial charge in [-0.25, -0.2) is 12.8 Å². The van der Waals surface area contributed by atoms with Gasteiger partial charge in [-0.15, -0.1) is 0 Å². The van der Waals surface area contributed by atoms with Crippen LogP contribution in [0.4, 0.5) is 10.1 Å². The van der Waals surface area contributed by atoms with Crippen molar-refractivity contribution in [3.63, 3.8) is 0 Å². The highest BCUT2D eigenvalue weighted by Gasteiger charge is 2.24. The largest absolute Gasteiger partial charge is 0.279 e. The minimum absolute atomic E-state index is 0.0859. The third-order valence-corrected chi connectivity index (χ3v) is 3.93. The molecule has 0 aliphatic rings. The Labute approximate surface area is 105 Å². The topological polar surface area (TPSA) is 93.8 Å². The Balaban J connectivity index is 3.07. The Kier molecular flexibility index (Phi) is 4.24. The van der Waals surface area contributed by atoms with Gasteiger partial charge in [-0.1, -0.05) is 6.92 Å². The summed E-state index contributed by atoms with van der Waals surface area (Å²) in [6.45, 7) is 1.54. The molecule has 0 fully saturated rings. The van der Waals surface area contributed by atoms with Crippen molar-refractivity contribution in [1.82, 2.24) is 0 Å². The van der Waals surface area contributed by atoms with Crippen LogP contribution in [0.3, 0.4) is 0 Å². The van der Waals surface area contributed by atoms with E-state index < -0.39 is 21.1 Å². The fourth-order valence-electron chi connectivity index (χ4n) is 1.27. The van der Waals surface area contributed by atoms with Gasteiger partial charge in [-0.3, -0.25) is 4.72 Å². The van der Waals surface area contributed by atoms with Crippen molar-refractivity contribution in [2.75, 3.05) is 4.72 Å². The van der Waals surface area contributed by atoms with Crippen molar-refractivity contribution >= 4 is 15.7 Å². The lowest BCUT2D eigenvalue weighted by Gasteiger charge is -2.11. The molecule has 0 heterocycles. The summed E-state index contributed by atoms with van der Waals surface area (Å²) in [4.78, 5) is 0. The van der Waals surface area contributed by atoms with Gasteiger partial charge in [-0.2, -0.15) is 10.5 Å². The molecule has 0 aliphatic heterocycles. The zero-order valence-corrected chi connectivity index (χ0v) is 10.3. The van der Waals surface area contributed by atoms with Crippen LogP contribution in [0, 0.1) is 28.5 Å². The van der Waals surface area contributed by atoms with Crippen molar-refractivity contribution < 1.29 is 12.8 Å². The van der Waals surface area contributed by atoms with Gasteiger partial charge in [0.15, 0.2) is 5.25 Å². The fourth-order valence-corrected chi connectivity index (χ4v) is 2.46. The van der Waals surface area contributed by atoms with Crippen LogP contribution in [0.15, 0.2) is 18.2 Å². The lowest BCUT2D eigenvalue weighted by atomic mass is 10.2. The molecule has 0 radical (unpaired) electrons. The monoisotopic (exact) mass is 267 g/mol. The van der Waals surface area contributed by atoms with E-state index in [4.69, 9.17) is 10.5 Å². The molecular formula is C11H10FN3O2S. The first kappa shape index (κ1) is 13.9. The van der Waals surface area contributed by atoms with Crippen molar-refractivity contribution in [3.05, 3.63) is 29.6 Å². The first-order valence-corrected chi connectivity index (χ1v) is 6.60. The van der Waals surface area contributed by atoms with Gasteiger partial charge in [0.05, 0.1) is 23.4 Å². The van der Waals surface area contributed by atoms with Crippen molar-refractivity contribution in [2.24, 2.45) is 0 Å². The molecular weight excluding hydrogens is 257 g/mol. The number of nitrogens with zero attached hydrogens (tertiary/aromatic N) is 2. The molecule has 0 spiro atoms. The summed E-state index contributed by atoms with van der Waals surface area (Å²) in [5, 5.41) is 16.0. The van der Waals surface area contributed by atoms with E-state index >= 15 is 0 Å². The number of hydrogen-bond acceptors (Lipinski definition) is 4. The standard InChI is InChI=1S/C11H10FN3O2S/c1-2-9(7-14)18(16,17)15-11-4-3-8(6-13)5-10(11)12/h3-5,9,15H,2H2,1H3. The first-order valence-electron chi connectivity index (χ1n) is 5.05. The summed E-state index contributed by atoms with van der Waals surface area (Å²) in [6, 6.07) is 6.72. The van der Waals surface area contributed by atoms with Gasteiger partial charge in [-0.05, 0) is 24.6 Å². The molecule has 1 N–H and O–H groups in total. The average molecular weight is 267 g/mol. The van der Waals surface area contributed by atoms with Crippen LogP contribution in [0.1, 0.15) is 18.9 Å². The van der Waals surface area contributed by atoms with E-state index in [2.05, 4.69) is 0 Å². The summed E-state index contributed by atoms with van der Waals surface area (Å²) in [6.07, 6.45) is 0.101. The summed E-state index contributed by atoms with van der Waals surface area (Å²) in [5.74, 6) is -0.856. The lowest BCUT2D eigenvalue weighted by molar-refractivity contribution is 0.590. The zero-order valence-electron chi connectivity index (χ0n) is 9.51. The van der Waals surface area contributed by atoms with Crippen LogP contribution in [-0.4, -0.2) is 13.7 Å². The highest BCUT2D eigenvalue weighted by molar-refractivity contribution is 7.93. The molecule has 18 heavy (non-hydrogen) atoms. The summed E-state index contributed by atoms with van der Waals surface area (Å²) < 4.78 is 38.9. The van der Waals surface area contributed by atoms with Gasteiger partial charge in [0.25, 0.3) is 0 Å². The van der Waals surface area contributed by atoms with Gasteiger partial charge in [0.1, 0.15) is 5.82 Å². The number of nitrogens with one attached hydrogen (secondary N) is 1. The van der Waals surface area contributed by atoms with Crippen LogP contribution in [0.5, 0.6) is 0 Å². The Morgan fingerprint density at radius 2 is 2.11 bits per heavy atom. The number of rotatable bonds is 4. The predicted octanol–water partition coefficient (Wildman–Crippen LogP) is 1.74. The van der Waals surface area contributed by atoms with E-state index in [1.54, 1.807) is 19.1 Å². The SMILES string of the molecule is CCC(C#N)S(=O)(=O)Nc1ccc(C#N)cc1F. The highest BCUT2D eigenvalue weighted by atomic mass is 32.2. The van der Waals surface area contributed by atoms with E-state index in [0.717, 1.165) is 12.1 Å². The van der Waals surface area contributed by atoms with Crippen LogP contribution in [0.25, 0.3) is 0 Å². The fraction of sp³-hybridized carbons (Fsp3) is 0.273. The van der Waals surface area contributed by atoms with E-state index in [-0.39, 0.29) is 17.7 Å². The lowest BCUT2D eigenvalue weighted by Crippen LogP contribution is -2.26. The van der Waals surface area contributed by atoms with E-state index in [1.165, 1.54) is 6.07 Å². The van der Waals surface area contributed by atoms with Crippen molar-refractivity contribution in [3.8, 4) is 12.1 Å². The summed E-state index contributed by atoms with van der Waals surface area (Å²) in [7, 11) is -3.95. The third-order valence-electron chi connectivity index (χ3n) is 2.24. The van der Waals surface area contributed by atoms with Crippen LogP contribution < -0.4 is 4.72 Å². The maximum absolute atomic E-state index is 13.5. The first-order chi connectivity index (χ1) is 8.44. The number of anilines is 1. The number of halogens is 1. The molecule has 94 valence electrons. The van der Waals surface area contributed by atoms with Crippen molar-refractivity contribution in [2.45, 2.75) is 18.6 Å². The summed E-state index contributed by atoms with van der Waals surface area (Å²) in [5.41, 5.74) is -0.189. The zero-order chi connectivity index (χ0) is 13.8. The van der Waals surface area contributed by atoms with Crippen LogP contribution in [-0.2, 0) is 10.0 Å². The molecule has 1 unspecified atom stereocenters. The Bertz CT molecular complexity index is 629. The van der Waals surface area contributed by atoms with Gasteiger partial charge >= 0.3 is 0 Å². The Hall–Kier alpha value is -2.12. The molecule has 7 heteroatoms. The average Bonchev–Trinajstić information content (AvgIpc) is 2.32. The minimum Gasteiger partial charge on any atom is -0.279 e. The number of hydrogen-bond donors (Lipinski definition) is 1. The van der Waals surface area contributed by atoms with E-state index in [9.17, 15) is 12.8 Å². The van der Waals surface area contributed by atoms with Crippen molar-refractivity contribution in [1.29, 1.82) is 10.5 Å². The molecule has 0 aliphatic carbocycles. The van der Waals surface area contributed by atoms with Gasteiger partial charge in [0.2, 0.25) is 10.0 Å². The minimum atomic E-state index is -3.95. The van der Waals surface area contributed by atoms with E-state index in [1.807, 2.05) is 4.72 Å². The smallest absolute Gasteiger partial charge is 0.249 e. The molecule has 0 saturated heterocycles. The number of benzene rings is 1. The molecule has 0 saturated carbocycles.